The summed E-state index contributed by atoms with van der Waals surface area (Å²) >= 11 is 1.51. The zero-order valence-electron chi connectivity index (χ0n) is 19.4. The lowest BCUT2D eigenvalue weighted by Crippen LogP contribution is -2.12. The van der Waals surface area contributed by atoms with Crippen LogP contribution in [0.3, 0.4) is 0 Å². The van der Waals surface area contributed by atoms with Crippen LogP contribution in [0.4, 0.5) is 5.69 Å². The van der Waals surface area contributed by atoms with Crippen LogP contribution in [0.5, 0.6) is 17.4 Å². The Hall–Kier alpha value is -4.16. The molecule has 1 amide bonds. The molecule has 0 aliphatic carbocycles. The molecule has 3 aromatic carbocycles. The van der Waals surface area contributed by atoms with Crippen molar-refractivity contribution >= 4 is 33.0 Å². The van der Waals surface area contributed by atoms with Gasteiger partial charge in [0.15, 0.2) is 11.5 Å². The molecule has 6 heteroatoms. The second kappa shape index (κ2) is 9.99. The van der Waals surface area contributed by atoms with Gasteiger partial charge in [-0.2, -0.15) is 0 Å². The van der Waals surface area contributed by atoms with Gasteiger partial charge in [-0.05, 0) is 54.1 Å². The van der Waals surface area contributed by atoms with Crippen molar-refractivity contribution in [1.29, 1.82) is 0 Å². The van der Waals surface area contributed by atoms with E-state index < -0.39 is 0 Å². The van der Waals surface area contributed by atoms with Gasteiger partial charge < -0.3 is 14.8 Å². The van der Waals surface area contributed by atoms with Crippen molar-refractivity contribution in [2.24, 2.45) is 0 Å². The van der Waals surface area contributed by atoms with E-state index in [-0.39, 0.29) is 5.91 Å². The van der Waals surface area contributed by atoms with Crippen LogP contribution in [-0.2, 0) is 6.42 Å². The summed E-state index contributed by atoms with van der Waals surface area (Å²) in [5, 5.41) is 4.11. The number of amides is 1. The van der Waals surface area contributed by atoms with Crippen LogP contribution >= 0.6 is 11.3 Å². The van der Waals surface area contributed by atoms with Gasteiger partial charge in [0.1, 0.15) is 0 Å². The fourth-order valence-electron chi connectivity index (χ4n) is 3.89. The molecule has 174 valence electrons. The number of anilines is 1. The van der Waals surface area contributed by atoms with E-state index in [9.17, 15) is 4.79 Å². The second-order valence-electron chi connectivity index (χ2n) is 8.16. The van der Waals surface area contributed by atoms with E-state index in [1.54, 1.807) is 25.4 Å². The average Bonchev–Trinajstić information content (AvgIpc) is 3.25. The molecule has 0 unspecified atom stereocenters. The Kier molecular flexibility index (Phi) is 6.46. The Morgan fingerprint density at radius 1 is 0.914 bits per heavy atom. The van der Waals surface area contributed by atoms with Crippen LogP contribution in [0, 0.1) is 6.92 Å². The Morgan fingerprint density at radius 3 is 2.40 bits per heavy atom. The van der Waals surface area contributed by atoms with E-state index in [1.165, 1.54) is 22.5 Å². The summed E-state index contributed by atoms with van der Waals surface area (Å²) in [6.07, 6.45) is 2.28. The number of pyridine rings is 1. The van der Waals surface area contributed by atoms with Crippen molar-refractivity contribution in [3.8, 4) is 17.4 Å². The molecule has 2 heterocycles. The molecule has 2 aromatic heterocycles. The number of fused-ring (bicyclic) bond motifs is 1. The Balaban J connectivity index is 1.37. The van der Waals surface area contributed by atoms with Crippen molar-refractivity contribution in [2.75, 3.05) is 12.4 Å². The molecule has 0 bridgehead atoms. The number of benzene rings is 3. The summed E-state index contributed by atoms with van der Waals surface area (Å²) in [5.41, 5.74) is 4.03. The van der Waals surface area contributed by atoms with Gasteiger partial charge in [0.2, 0.25) is 5.88 Å². The summed E-state index contributed by atoms with van der Waals surface area (Å²) in [4.78, 5) is 18.4. The number of thiophene rings is 1. The number of aryl methyl sites for hydroxylation is 1. The molecule has 0 atom stereocenters. The standard InChI is InChI=1S/C29H24N2O3S/c1-19-11-13-20(14-12-19)17-23-22-7-3-6-10-26(22)35-28(23)29(32)31-21-15-16-27(30-18-21)34-25-9-5-4-8-24(25)33-2/h3-16,18H,17H2,1-2H3,(H,31,32). The van der Waals surface area contributed by atoms with Crippen LogP contribution < -0.4 is 14.8 Å². The number of nitrogens with zero attached hydrogens (tertiary/aromatic N) is 1. The van der Waals surface area contributed by atoms with E-state index in [0.29, 0.717) is 34.4 Å². The van der Waals surface area contributed by atoms with Crippen LogP contribution in [-0.4, -0.2) is 18.0 Å². The van der Waals surface area contributed by atoms with E-state index in [1.807, 2.05) is 36.4 Å². The number of aromatic nitrogens is 1. The lowest BCUT2D eigenvalue weighted by atomic mass is 10.0. The monoisotopic (exact) mass is 480 g/mol. The summed E-state index contributed by atoms with van der Waals surface area (Å²) < 4.78 is 12.2. The molecule has 0 radical (unpaired) electrons. The number of carbonyl (C=O) groups is 1. The largest absolute Gasteiger partial charge is 0.493 e. The minimum Gasteiger partial charge on any atom is -0.493 e. The molecule has 1 N–H and O–H groups in total. The SMILES string of the molecule is COc1ccccc1Oc1ccc(NC(=O)c2sc3ccccc3c2Cc2ccc(C)cc2)cn1. The lowest BCUT2D eigenvalue weighted by Gasteiger charge is -2.10. The van der Waals surface area contributed by atoms with E-state index >= 15 is 0 Å². The fraction of sp³-hybridized carbons (Fsp3) is 0.103. The van der Waals surface area contributed by atoms with Gasteiger partial charge in [0.25, 0.3) is 5.91 Å². The first-order valence-electron chi connectivity index (χ1n) is 11.2. The Bertz CT molecular complexity index is 1470. The van der Waals surface area contributed by atoms with Gasteiger partial charge in [0.05, 0.1) is 23.9 Å². The number of para-hydroxylation sites is 2. The third-order valence-electron chi connectivity index (χ3n) is 5.68. The van der Waals surface area contributed by atoms with Crippen LogP contribution in [0.25, 0.3) is 10.1 Å². The summed E-state index contributed by atoms with van der Waals surface area (Å²) in [6, 6.07) is 27.5. The van der Waals surface area contributed by atoms with Crippen LogP contribution in [0.2, 0.25) is 0 Å². The predicted molar refractivity (Wildman–Crippen MR) is 141 cm³/mol. The van der Waals surface area contributed by atoms with Gasteiger partial charge in [-0.25, -0.2) is 4.98 Å². The molecular weight excluding hydrogens is 456 g/mol. The highest BCUT2D eigenvalue weighted by molar-refractivity contribution is 7.21. The molecule has 0 spiro atoms. The van der Waals surface area contributed by atoms with Gasteiger partial charge in [-0.1, -0.05) is 60.2 Å². The molecule has 0 fully saturated rings. The molecule has 5 rings (SSSR count). The topological polar surface area (TPSA) is 60.5 Å². The van der Waals surface area contributed by atoms with Gasteiger partial charge >= 0.3 is 0 Å². The van der Waals surface area contributed by atoms with Crippen molar-refractivity contribution in [1.82, 2.24) is 4.98 Å². The normalized spacial score (nSPS) is 10.8. The molecule has 0 aliphatic rings. The minimum absolute atomic E-state index is 0.145. The molecule has 5 nitrogen and oxygen atoms in total. The average molecular weight is 481 g/mol. The second-order valence-corrected chi connectivity index (χ2v) is 9.21. The third-order valence-corrected chi connectivity index (χ3v) is 6.90. The number of hydrogen-bond donors (Lipinski definition) is 1. The molecule has 0 saturated heterocycles. The van der Waals surface area contributed by atoms with Crippen LogP contribution in [0.15, 0.2) is 91.1 Å². The predicted octanol–water partition coefficient (Wildman–Crippen LogP) is 7.25. The van der Waals surface area contributed by atoms with Gasteiger partial charge in [0, 0.05) is 10.8 Å². The first kappa shape index (κ1) is 22.6. The maximum Gasteiger partial charge on any atom is 0.266 e. The minimum atomic E-state index is -0.145. The summed E-state index contributed by atoms with van der Waals surface area (Å²) in [7, 11) is 1.59. The first-order valence-corrected chi connectivity index (χ1v) is 12.1. The molecule has 35 heavy (non-hydrogen) atoms. The molecule has 0 saturated carbocycles. The smallest absolute Gasteiger partial charge is 0.266 e. The summed E-state index contributed by atoms with van der Waals surface area (Å²) in [5.74, 6) is 1.46. The van der Waals surface area contributed by atoms with E-state index in [2.05, 4.69) is 53.6 Å². The quantitative estimate of drug-likeness (QED) is 0.267. The summed E-state index contributed by atoms with van der Waals surface area (Å²) in [6.45, 7) is 2.07. The maximum absolute atomic E-state index is 13.3. The molecule has 5 aromatic rings. The third kappa shape index (κ3) is 5.03. The molecule has 0 aliphatic heterocycles. The highest BCUT2D eigenvalue weighted by Gasteiger charge is 2.19. The zero-order chi connectivity index (χ0) is 24.2. The number of nitrogens with one attached hydrogen (secondary N) is 1. The lowest BCUT2D eigenvalue weighted by molar-refractivity contribution is 0.103. The zero-order valence-corrected chi connectivity index (χ0v) is 20.3. The van der Waals surface area contributed by atoms with Gasteiger partial charge in [-0.3, -0.25) is 4.79 Å². The number of ether oxygens (including phenoxy) is 2. The fourth-order valence-corrected chi connectivity index (χ4v) is 5.00. The first-order chi connectivity index (χ1) is 17.1. The van der Waals surface area contributed by atoms with E-state index in [4.69, 9.17) is 9.47 Å². The Morgan fingerprint density at radius 2 is 1.66 bits per heavy atom. The van der Waals surface area contributed by atoms with E-state index in [0.717, 1.165) is 15.6 Å². The molecular formula is C29H24N2O3S. The maximum atomic E-state index is 13.3. The highest BCUT2D eigenvalue weighted by Crippen LogP contribution is 2.34. The van der Waals surface area contributed by atoms with Crippen molar-refractivity contribution in [3.63, 3.8) is 0 Å². The number of rotatable bonds is 7. The number of hydrogen-bond acceptors (Lipinski definition) is 5. The number of carbonyl (C=O) groups excluding carboxylic acids is 1. The Labute approximate surface area is 208 Å². The van der Waals surface area contributed by atoms with Crippen molar-refractivity contribution < 1.29 is 14.3 Å². The van der Waals surface area contributed by atoms with Crippen molar-refractivity contribution in [2.45, 2.75) is 13.3 Å². The van der Waals surface area contributed by atoms with Gasteiger partial charge in [-0.15, -0.1) is 11.3 Å². The van der Waals surface area contributed by atoms with Crippen LogP contribution in [0.1, 0.15) is 26.4 Å². The van der Waals surface area contributed by atoms with Crippen molar-refractivity contribution in [3.05, 3.63) is 113 Å². The highest BCUT2D eigenvalue weighted by atomic mass is 32.1. The number of methoxy groups -OCH3 is 1.